The minimum absolute atomic E-state index is 0.0170. The van der Waals surface area contributed by atoms with E-state index in [-0.39, 0.29) is 10.8 Å². The predicted molar refractivity (Wildman–Crippen MR) is 96.1 cm³/mol. The molecule has 24 heavy (non-hydrogen) atoms. The van der Waals surface area contributed by atoms with Gasteiger partial charge in [-0.05, 0) is 49.2 Å². The fourth-order valence-corrected chi connectivity index (χ4v) is 3.29. The van der Waals surface area contributed by atoms with Crippen LogP contribution in [0.1, 0.15) is 29.3 Å². The molecule has 0 aliphatic rings. The van der Waals surface area contributed by atoms with Crippen LogP contribution in [0.15, 0.2) is 47.4 Å². The standard InChI is InChI=1S/C17H19ClN2O3S/c1-3-9-19-17(21)13-5-4-6-15(10-13)24(22,23)20-14-8-7-12(2)16(18)11-14/h4-8,10-11,20H,3,9H2,1-2H3,(H,19,21). The Hall–Kier alpha value is -2.05. The topological polar surface area (TPSA) is 75.3 Å². The first-order valence-corrected chi connectivity index (χ1v) is 9.37. The molecule has 2 aromatic carbocycles. The van der Waals surface area contributed by atoms with Gasteiger partial charge in [0.1, 0.15) is 0 Å². The second-order valence-electron chi connectivity index (χ2n) is 5.35. The lowest BCUT2D eigenvalue weighted by molar-refractivity contribution is 0.0953. The van der Waals surface area contributed by atoms with Gasteiger partial charge in [-0.15, -0.1) is 0 Å². The van der Waals surface area contributed by atoms with Crippen molar-refractivity contribution in [3.63, 3.8) is 0 Å². The zero-order valence-corrected chi connectivity index (χ0v) is 15.0. The molecule has 1 amide bonds. The molecule has 2 N–H and O–H groups in total. The van der Waals surface area contributed by atoms with Crippen molar-refractivity contribution in [2.24, 2.45) is 0 Å². The number of amides is 1. The highest BCUT2D eigenvalue weighted by molar-refractivity contribution is 7.92. The summed E-state index contributed by atoms with van der Waals surface area (Å²) in [6, 6.07) is 10.8. The van der Waals surface area contributed by atoms with E-state index in [1.54, 1.807) is 24.3 Å². The summed E-state index contributed by atoms with van der Waals surface area (Å²) in [6.45, 7) is 4.31. The Kier molecular flexibility index (Phi) is 5.85. The Morgan fingerprint density at radius 1 is 1.17 bits per heavy atom. The van der Waals surface area contributed by atoms with E-state index in [1.807, 2.05) is 13.8 Å². The molecule has 0 heterocycles. The number of hydrogen-bond donors (Lipinski definition) is 2. The Labute approximate surface area is 147 Å². The number of halogens is 1. The molecule has 7 heteroatoms. The molecule has 5 nitrogen and oxygen atoms in total. The average molecular weight is 367 g/mol. The van der Waals surface area contributed by atoms with Crippen LogP contribution in [0.3, 0.4) is 0 Å². The number of sulfonamides is 1. The van der Waals surface area contributed by atoms with Crippen LogP contribution in [0.25, 0.3) is 0 Å². The van der Waals surface area contributed by atoms with Gasteiger partial charge in [0.15, 0.2) is 0 Å². The maximum absolute atomic E-state index is 12.5. The fourth-order valence-electron chi connectivity index (χ4n) is 2.02. The van der Waals surface area contributed by atoms with Crippen LogP contribution in [0.2, 0.25) is 5.02 Å². The quantitative estimate of drug-likeness (QED) is 0.820. The van der Waals surface area contributed by atoms with Crippen LogP contribution < -0.4 is 10.0 Å². The SMILES string of the molecule is CCCNC(=O)c1cccc(S(=O)(=O)Nc2ccc(C)c(Cl)c2)c1. The van der Waals surface area contributed by atoms with Crippen molar-refractivity contribution >= 4 is 33.2 Å². The lowest BCUT2D eigenvalue weighted by Gasteiger charge is -2.10. The Morgan fingerprint density at radius 3 is 2.58 bits per heavy atom. The highest BCUT2D eigenvalue weighted by Gasteiger charge is 2.16. The number of hydrogen-bond acceptors (Lipinski definition) is 3. The van der Waals surface area contributed by atoms with Gasteiger partial charge >= 0.3 is 0 Å². The summed E-state index contributed by atoms with van der Waals surface area (Å²) in [5.41, 5.74) is 1.52. The third-order valence-electron chi connectivity index (χ3n) is 3.37. The summed E-state index contributed by atoms with van der Waals surface area (Å²) in [6.07, 6.45) is 0.805. The molecule has 0 bridgehead atoms. The van der Waals surface area contributed by atoms with Gasteiger partial charge in [-0.1, -0.05) is 30.7 Å². The van der Waals surface area contributed by atoms with Crippen molar-refractivity contribution in [3.8, 4) is 0 Å². The summed E-state index contributed by atoms with van der Waals surface area (Å²) >= 11 is 6.02. The van der Waals surface area contributed by atoms with Crippen LogP contribution in [0, 0.1) is 6.92 Å². The number of nitrogens with one attached hydrogen (secondary N) is 2. The molecule has 0 spiro atoms. The fraction of sp³-hybridized carbons (Fsp3) is 0.235. The number of anilines is 1. The first kappa shape index (κ1) is 18.3. The van der Waals surface area contributed by atoms with Crippen molar-refractivity contribution in [1.29, 1.82) is 0 Å². The number of aryl methyl sites for hydroxylation is 1. The molecular weight excluding hydrogens is 348 g/mol. The molecule has 0 unspecified atom stereocenters. The first-order valence-electron chi connectivity index (χ1n) is 7.50. The molecule has 0 saturated carbocycles. The molecule has 0 aliphatic carbocycles. The second-order valence-corrected chi connectivity index (χ2v) is 7.44. The van der Waals surface area contributed by atoms with Gasteiger partial charge in [0, 0.05) is 17.1 Å². The molecule has 2 rings (SSSR count). The zero-order chi connectivity index (χ0) is 17.7. The third-order valence-corrected chi connectivity index (χ3v) is 5.15. The Bertz CT molecular complexity index is 851. The normalized spacial score (nSPS) is 11.1. The van der Waals surface area contributed by atoms with Gasteiger partial charge in [-0.3, -0.25) is 9.52 Å². The van der Waals surface area contributed by atoms with E-state index in [4.69, 9.17) is 11.6 Å². The average Bonchev–Trinajstić information content (AvgIpc) is 2.56. The van der Waals surface area contributed by atoms with E-state index in [1.165, 1.54) is 18.2 Å². The number of rotatable bonds is 6. The highest BCUT2D eigenvalue weighted by Crippen LogP contribution is 2.23. The van der Waals surface area contributed by atoms with Crippen molar-refractivity contribution < 1.29 is 13.2 Å². The highest BCUT2D eigenvalue weighted by atomic mass is 35.5. The summed E-state index contributed by atoms with van der Waals surface area (Å²) in [4.78, 5) is 12.0. The first-order chi connectivity index (χ1) is 11.3. The van der Waals surface area contributed by atoms with Crippen LogP contribution in [0.5, 0.6) is 0 Å². The van der Waals surface area contributed by atoms with E-state index in [9.17, 15) is 13.2 Å². The zero-order valence-electron chi connectivity index (χ0n) is 13.5. The Morgan fingerprint density at radius 2 is 1.92 bits per heavy atom. The molecule has 2 aromatic rings. The van der Waals surface area contributed by atoms with Crippen molar-refractivity contribution in [1.82, 2.24) is 5.32 Å². The largest absolute Gasteiger partial charge is 0.352 e. The third kappa shape index (κ3) is 4.49. The van der Waals surface area contributed by atoms with Gasteiger partial charge in [-0.2, -0.15) is 0 Å². The molecule has 128 valence electrons. The van der Waals surface area contributed by atoms with Crippen LogP contribution in [-0.2, 0) is 10.0 Å². The lowest BCUT2D eigenvalue weighted by Crippen LogP contribution is -2.24. The number of benzene rings is 2. The van der Waals surface area contributed by atoms with Gasteiger partial charge < -0.3 is 5.32 Å². The predicted octanol–water partition coefficient (Wildman–Crippen LogP) is 3.59. The van der Waals surface area contributed by atoms with Gasteiger partial charge in [0.25, 0.3) is 15.9 Å². The molecule has 0 fully saturated rings. The molecule has 0 aromatic heterocycles. The molecule has 0 radical (unpaired) electrons. The van der Waals surface area contributed by atoms with E-state index < -0.39 is 10.0 Å². The van der Waals surface area contributed by atoms with Crippen molar-refractivity contribution in [3.05, 3.63) is 58.6 Å². The molecule has 0 aliphatic heterocycles. The molecule has 0 atom stereocenters. The maximum Gasteiger partial charge on any atom is 0.261 e. The van der Waals surface area contributed by atoms with Gasteiger partial charge in [0.05, 0.1) is 10.6 Å². The monoisotopic (exact) mass is 366 g/mol. The smallest absolute Gasteiger partial charge is 0.261 e. The minimum atomic E-state index is -3.81. The van der Waals surface area contributed by atoms with Crippen LogP contribution in [0.4, 0.5) is 5.69 Å². The lowest BCUT2D eigenvalue weighted by atomic mass is 10.2. The minimum Gasteiger partial charge on any atom is -0.352 e. The van der Waals surface area contributed by atoms with E-state index in [0.717, 1.165) is 12.0 Å². The van der Waals surface area contributed by atoms with Crippen molar-refractivity contribution in [2.45, 2.75) is 25.2 Å². The number of carbonyl (C=O) groups excluding carboxylic acids is 1. The van der Waals surface area contributed by atoms with E-state index in [2.05, 4.69) is 10.0 Å². The number of carbonyl (C=O) groups is 1. The summed E-state index contributed by atoms with van der Waals surface area (Å²) < 4.78 is 27.5. The van der Waals surface area contributed by atoms with Gasteiger partial charge in [-0.25, -0.2) is 8.42 Å². The summed E-state index contributed by atoms with van der Waals surface area (Å²) in [5.74, 6) is -0.299. The van der Waals surface area contributed by atoms with Crippen molar-refractivity contribution in [2.75, 3.05) is 11.3 Å². The van der Waals surface area contributed by atoms with E-state index >= 15 is 0 Å². The van der Waals surface area contributed by atoms with Crippen LogP contribution in [-0.4, -0.2) is 20.9 Å². The van der Waals surface area contributed by atoms with Gasteiger partial charge in [0.2, 0.25) is 0 Å². The summed E-state index contributed by atoms with van der Waals surface area (Å²) in [5, 5.41) is 3.19. The van der Waals surface area contributed by atoms with Crippen LogP contribution >= 0.6 is 11.6 Å². The second kappa shape index (κ2) is 7.68. The molecule has 0 saturated heterocycles. The maximum atomic E-state index is 12.5. The Balaban J connectivity index is 2.25. The van der Waals surface area contributed by atoms with E-state index in [0.29, 0.717) is 22.8 Å². The molecular formula is C17H19ClN2O3S. The summed E-state index contributed by atoms with van der Waals surface area (Å²) in [7, 11) is -3.81.